The Hall–Kier alpha value is -0.530. The van der Waals surface area contributed by atoms with Crippen LogP contribution in [0.5, 0.6) is 0 Å². The van der Waals surface area contributed by atoms with E-state index in [1.165, 1.54) is 25.7 Å². The van der Waals surface area contributed by atoms with Gasteiger partial charge in [0.15, 0.2) is 0 Å². The molecule has 0 saturated heterocycles. The van der Waals surface area contributed by atoms with E-state index in [9.17, 15) is 4.79 Å². The molecule has 2 heteroatoms. The van der Waals surface area contributed by atoms with Crippen molar-refractivity contribution in [2.75, 3.05) is 0 Å². The van der Waals surface area contributed by atoms with Crippen molar-refractivity contribution in [3.05, 3.63) is 13.5 Å². The summed E-state index contributed by atoms with van der Waals surface area (Å²) < 4.78 is 0. The summed E-state index contributed by atoms with van der Waals surface area (Å²) in [6, 6.07) is 0. The van der Waals surface area contributed by atoms with Crippen molar-refractivity contribution in [3.63, 3.8) is 0 Å². The Kier molecular flexibility index (Phi) is 9.01. The van der Waals surface area contributed by atoms with E-state index in [-0.39, 0.29) is 0 Å². The number of rotatable bonds is 8. The van der Waals surface area contributed by atoms with Gasteiger partial charge in [0.2, 0.25) is 6.41 Å². The van der Waals surface area contributed by atoms with Crippen LogP contribution in [0.15, 0.2) is 0 Å². The number of hydrogen-bond donors (Lipinski definition) is 1. The molecule has 0 bridgehead atoms. The van der Waals surface area contributed by atoms with Crippen LogP contribution >= 0.6 is 0 Å². The molecule has 0 aromatic heterocycles. The zero-order chi connectivity index (χ0) is 8.36. The molecule has 11 heavy (non-hydrogen) atoms. The second-order valence-electron chi connectivity index (χ2n) is 2.55. The number of hydrogen-bond acceptors (Lipinski definition) is 1. The Morgan fingerprint density at radius 3 is 2.55 bits per heavy atom. The van der Waals surface area contributed by atoms with Gasteiger partial charge in [0.05, 0.1) is 0 Å². The topological polar surface area (TPSA) is 29.1 Å². The standard InChI is InChI=1S/C9H17NO/c1-2-3-4-5-6-7-8-10-9-11/h8-9H,1-7H2,(H,10,11). The van der Waals surface area contributed by atoms with E-state index in [1.807, 2.05) is 0 Å². The van der Waals surface area contributed by atoms with Crippen LogP contribution in [0, 0.1) is 13.5 Å². The maximum Gasteiger partial charge on any atom is 0.207 e. The van der Waals surface area contributed by atoms with Gasteiger partial charge in [-0.3, -0.25) is 4.79 Å². The van der Waals surface area contributed by atoms with Crippen LogP contribution in [-0.4, -0.2) is 6.41 Å². The number of unbranched alkanes of at least 4 members (excludes halogenated alkanes) is 5. The Labute approximate surface area is 69.4 Å². The van der Waals surface area contributed by atoms with Gasteiger partial charge in [0.1, 0.15) is 0 Å². The molecule has 0 aliphatic rings. The maximum atomic E-state index is 9.79. The molecule has 1 amide bonds. The minimum absolute atomic E-state index is 0.704. The second-order valence-corrected chi connectivity index (χ2v) is 2.55. The molecule has 0 aromatic carbocycles. The van der Waals surface area contributed by atoms with Crippen LogP contribution in [0.1, 0.15) is 38.5 Å². The van der Waals surface area contributed by atoms with Crippen molar-refractivity contribution in [1.29, 1.82) is 0 Å². The first kappa shape index (κ1) is 10.5. The van der Waals surface area contributed by atoms with Crippen LogP contribution < -0.4 is 5.32 Å². The summed E-state index contributed by atoms with van der Waals surface area (Å²) in [6.45, 7) is 5.57. The highest BCUT2D eigenvalue weighted by Crippen LogP contribution is 2.04. The molecule has 0 atom stereocenters. The van der Waals surface area contributed by atoms with Gasteiger partial charge in [0.25, 0.3) is 0 Å². The lowest BCUT2D eigenvalue weighted by molar-refractivity contribution is -0.109. The smallest absolute Gasteiger partial charge is 0.207 e. The number of carbonyl (C=O) groups excluding carboxylic acids is 1. The van der Waals surface area contributed by atoms with Gasteiger partial charge in [-0.2, -0.15) is 0 Å². The summed E-state index contributed by atoms with van der Waals surface area (Å²) >= 11 is 0. The van der Waals surface area contributed by atoms with E-state index in [2.05, 4.69) is 12.2 Å². The molecule has 0 aliphatic heterocycles. The van der Waals surface area contributed by atoms with Crippen molar-refractivity contribution in [3.8, 4) is 0 Å². The molecule has 0 heterocycles. The highest BCUT2D eigenvalue weighted by atomic mass is 16.1. The van der Waals surface area contributed by atoms with Crippen molar-refractivity contribution < 1.29 is 4.79 Å². The normalized spacial score (nSPS) is 9.55. The molecule has 0 spiro atoms. The van der Waals surface area contributed by atoms with Crippen LogP contribution in [0.2, 0.25) is 0 Å². The zero-order valence-corrected chi connectivity index (χ0v) is 7.01. The van der Waals surface area contributed by atoms with Crippen LogP contribution in [0.25, 0.3) is 0 Å². The molecular weight excluding hydrogens is 138 g/mol. The maximum absolute atomic E-state index is 9.79. The van der Waals surface area contributed by atoms with Crippen molar-refractivity contribution in [1.82, 2.24) is 5.32 Å². The van der Waals surface area contributed by atoms with Gasteiger partial charge < -0.3 is 5.32 Å². The predicted molar refractivity (Wildman–Crippen MR) is 46.6 cm³/mol. The Bertz CT molecular complexity index is 83.6. The third kappa shape index (κ3) is 9.47. The molecule has 0 unspecified atom stereocenters. The minimum atomic E-state index is 0.704. The third-order valence-corrected chi connectivity index (χ3v) is 1.53. The molecule has 0 aliphatic carbocycles. The van der Waals surface area contributed by atoms with Gasteiger partial charge in [-0.15, -0.1) is 0 Å². The number of nitrogens with one attached hydrogen (secondary N) is 1. The molecule has 1 N–H and O–H groups in total. The molecule has 64 valence electrons. The molecule has 0 aromatic rings. The largest absolute Gasteiger partial charge is 0.354 e. The number of carbonyl (C=O) groups is 1. The SMILES string of the molecule is [CH2]CCCCCC[CH]NC=O. The molecule has 0 fully saturated rings. The van der Waals surface area contributed by atoms with E-state index in [0.717, 1.165) is 12.8 Å². The quantitative estimate of drug-likeness (QED) is 0.422. The highest BCUT2D eigenvalue weighted by molar-refractivity contribution is 5.46. The number of amides is 1. The Balaban J connectivity index is 2.74. The van der Waals surface area contributed by atoms with E-state index < -0.39 is 0 Å². The Morgan fingerprint density at radius 2 is 1.91 bits per heavy atom. The lowest BCUT2D eigenvalue weighted by atomic mass is 10.1. The molecular formula is C9H17NO. The summed E-state index contributed by atoms with van der Waals surface area (Å²) in [5.41, 5.74) is 0. The van der Waals surface area contributed by atoms with E-state index >= 15 is 0 Å². The first-order chi connectivity index (χ1) is 5.41. The van der Waals surface area contributed by atoms with E-state index in [0.29, 0.717) is 6.41 Å². The lowest BCUT2D eigenvalue weighted by Crippen LogP contribution is -2.05. The summed E-state index contributed by atoms with van der Waals surface area (Å²) in [6.07, 6.45) is 7.62. The summed E-state index contributed by atoms with van der Waals surface area (Å²) in [4.78, 5) is 9.79. The van der Waals surface area contributed by atoms with Crippen molar-refractivity contribution in [2.45, 2.75) is 38.5 Å². The Morgan fingerprint density at radius 1 is 1.18 bits per heavy atom. The van der Waals surface area contributed by atoms with Crippen LogP contribution in [0.3, 0.4) is 0 Å². The van der Waals surface area contributed by atoms with Gasteiger partial charge in [0, 0.05) is 6.54 Å². The van der Waals surface area contributed by atoms with Crippen molar-refractivity contribution in [2.24, 2.45) is 0 Å². The van der Waals surface area contributed by atoms with Crippen molar-refractivity contribution >= 4 is 6.41 Å². The predicted octanol–water partition coefficient (Wildman–Crippen LogP) is 2.07. The fourth-order valence-corrected chi connectivity index (χ4v) is 0.908. The summed E-state index contributed by atoms with van der Waals surface area (Å²) in [7, 11) is 0. The first-order valence-electron chi connectivity index (χ1n) is 4.22. The van der Waals surface area contributed by atoms with Gasteiger partial charge in [-0.05, 0) is 6.42 Å². The fourth-order valence-electron chi connectivity index (χ4n) is 0.908. The van der Waals surface area contributed by atoms with E-state index in [4.69, 9.17) is 0 Å². The molecule has 0 rings (SSSR count). The monoisotopic (exact) mass is 155 g/mol. The van der Waals surface area contributed by atoms with E-state index in [1.54, 1.807) is 6.54 Å². The highest BCUT2D eigenvalue weighted by Gasteiger charge is 1.88. The van der Waals surface area contributed by atoms with Crippen LogP contribution in [-0.2, 0) is 4.79 Å². The zero-order valence-electron chi connectivity index (χ0n) is 7.01. The summed E-state index contributed by atoms with van der Waals surface area (Å²) in [5.74, 6) is 0. The third-order valence-electron chi connectivity index (χ3n) is 1.53. The van der Waals surface area contributed by atoms with Gasteiger partial charge in [-0.1, -0.05) is 39.0 Å². The average molecular weight is 155 g/mol. The lowest BCUT2D eigenvalue weighted by Gasteiger charge is -1.98. The molecule has 2 nitrogen and oxygen atoms in total. The minimum Gasteiger partial charge on any atom is -0.354 e. The van der Waals surface area contributed by atoms with Gasteiger partial charge in [-0.25, -0.2) is 0 Å². The second kappa shape index (κ2) is 9.47. The van der Waals surface area contributed by atoms with Crippen LogP contribution in [0.4, 0.5) is 0 Å². The van der Waals surface area contributed by atoms with Gasteiger partial charge >= 0.3 is 0 Å². The summed E-state index contributed by atoms with van der Waals surface area (Å²) in [5, 5.41) is 2.52. The fraction of sp³-hybridized carbons (Fsp3) is 0.667. The first-order valence-corrected chi connectivity index (χ1v) is 4.22. The molecule has 2 radical (unpaired) electrons. The molecule has 0 saturated carbocycles. The average Bonchev–Trinajstić information content (AvgIpc) is 2.03.